The number of allylic oxidation sites excluding steroid dienone is 2. The van der Waals surface area contributed by atoms with Gasteiger partial charge in [-0.1, -0.05) is 18.2 Å². The van der Waals surface area contributed by atoms with E-state index in [2.05, 4.69) is 36.3 Å². The molecule has 4 unspecified atom stereocenters. The van der Waals surface area contributed by atoms with Gasteiger partial charge >= 0.3 is 0 Å². The molecule has 2 saturated heterocycles. The van der Waals surface area contributed by atoms with Crippen LogP contribution in [0.3, 0.4) is 0 Å². The summed E-state index contributed by atoms with van der Waals surface area (Å²) in [5, 5.41) is 15.5. The molecule has 3 aliphatic rings. The van der Waals surface area contributed by atoms with E-state index in [9.17, 15) is 0 Å². The Balaban J connectivity index is 1.62. The van der Waals surface area contributed by atoms with Crippen molar-refractivity contribution in [3.05, 3.63) is 23.6 Å². The third kappa shape index (κ3) is 5.71. The van der Waals surface area contributed by atoms with E-state index in [0.717, 1.165) is 26.2 Å². The fourth-order valence-corrected chi connectivity index (χ4v) is 5.48. The van der Waals surface area contributed by atoms with Crippen LogP contribution in [0.25, 0.3) is 0 Å². The number of morpholine rings is 2. The lowest BCUT2D eigenvalue weighted by atomic mass is 10.4. The van der Waals surface area contributed by atoms with Crippen LogP contribution in [-0.2, 0) is 9.47 Å². The minimum Gasteiger partial charge on any atom is -0.377 e. The first-order valence-electron chi connectivity index (χ1n) is 7.79. The quantitative estimate of drug-likeness (QED) is 0.363. The molecule has 0 aromatic heterocycles. The van der Waals surface area contributed by atoms with Gasteiger partial charge in [0.15, 0.2) is 0 Å². The number of hydrogen-bond donors (Lipinski definition) is 6. The van der Waals surface area contributed by atoms with Crippen LogP contribution in [0.4, 0.5) is 0 Å². The molecule has 8 nitrogen and oxygen atoms in total. The monoisotopic (exact) mass is 362 g/mol. The second kappa shape index (κ2) is 8.81. The summed E-state index contributed by atoms with van der Waals surface area (Å²) in [6, 6.07) is 0. The van der Waals surface area contributed by atoms with Crippen molar-refractivity contribution in [3.8, 4) is 0 Å². The summed E-state index contributed by atoms with van der Waals surface area (Å²) in [6.07, 6.45) is 6.01. The lowest BCUT2D eigenvalue weighted by molar-refractivity contribution is 0.0220. The van der Waals surface area contributed by atoms with E-state index in [0.29, 0.717) is 13.2 Å². The highest BCUT2D eigenvalue weighted by atomic mass is 32.3. The predicted molar refractivity (Wildman–Crippen MR) is 96.1 cm³/mol. The summed E-state index contributed by atoms with van der Waals surface area (Å²) in [4.78, 5) is 0. The molecule has 0 saturated carbocycles. The van der Waals surface area contributed by atoms with Gasteiger partial charge in [0.1, 0.15) is 6.23 Å². The Labute approximate surface area is 143 Å². The van der Waals surface area contributed by atoms with Crippen molar-refractivity contribution in [2.45, 2.75) is 17.8 Å². The van der Waals surface area contributed by atoms with E-state index < -0.39 is 10.8 Å². The first-order valence-corrected chi connectivity index (χ1v) is 10.4. The first kappa shape index (κ1) is 17.7. The largest absolute Gasteiger partial charge is 0.377 e. The SMILES string of the molecule is NS(NC1COCCN1)(NC1CNCCO1)NC1C=CC=CS1. The van der Waals surface area contributed by atoms with Gasteiger partial charge in [0.05, 0.1) is 31.4 Å². The number of nitrogens with two attached hydrogens (primary N) is 1. The minimum atomic E-state index is -2.00. The molecule has 0 aromatic carbocycles. The Morgan fingerprint density at radius 2 is 2.13 bits per heavy atom. The fourth-order valence-electron chi connectivity index (χ4n) is 2.45. The molecule has 4 atom stereocenters. The molecule has 0 bridgehead atoms. The topological polar surface area (TPSA) is 105 Å². The van der Waals surface area contributed by atoms with Crippen LogP contribution in [0.2, 0.25) is 0 Å². The van der Waals surface area contributed by atoms with E-state index in [1.165, 1.54) is 0 Å². The van der Waals surface area contributed by atoms with Crippen LogP contribution in [0.5, 0.6) is 0 Å². The zero-order valence-electron chi connectivity index (χ0n) is 13.0. The van der Waals surface area contributed by atoms with Crippen LogP contribution in [0.1, 0.15) is 0 Å². The highest BCUT2D eigenvalue weighted by molar-refractivity contribution is 8.27. The van der Waals surface area contributed by atoms with E-state index in [4.69, 9.17) is 14.6 Å². The number of ether oxygens (including phenoxy) is 2. The van der Waals surface area contributed by atoms with Gasteiger partial charge in [-0.25, -0.2) is 14.2 Å². The van der Waals surface area contributed by atoms with E-state index in [1.54, 1.807) is 11.8 Å². The zero-order chi connectivity index (χ0) is 16.0. The van der Waals surface area contributed by atoms with Crippen molar-refractivity contribution in [2.24, 2.45) is 5.14 Å². The second-order valence-corrected chi connectivity index (χ2v) is 8.51. The number of thioether (sulfide) groups is 1. The summed E-state index contributed by atoms with van der Waals surface area (Å²) < 4.78 is 21.6. The van der Waals surface area contributed by atoms with Crippen molar-refractivity contribution >= 4 is 22.5 Å². The van der Waals surface area contributed by atoms with Gasteiger partial charge in [-0.15, -0.1) is 11.8 Å². The van der Waals surface area contributed by atoms with Crippen molar-refractivity contribution in [1.82, 2.24) is 24.8 Å². The molecule has 2 fully saturated rings. The molecular formula is C13H26N6O2S2. The molecule has 0 spiro atoms. The lowest BCUT2D eigenvalue weighted by Gasteiger charge is -2.45. The molecule has 23 heavy (non-hydrogen) atoms. The summed E-state index contributed by atoms with van der Waals surface area (Å²) in [5.74, 6) is 0. The van der Waals surface area contributed by atoms with E-state index >= 15 is 0 Å². The summed E-state index contributed by atoms with van der Waals surface area (Å²) >= 11 is 1.69. The van der Waals surface area contributed by atoms with E-state index in [1.807, 2.05) is 12.2 Å². The molecule has 3 heterocycles. The lowest BCUT2D eigenvalue weighted by Crippen LogP contribution is -2.62. The van der Waals surface area contributed by atoms with Crippen LogP contribution in [0.15, 0.2) is 23.6 Å². The number of nitrogens with one attached hydrogen (secondary N) is 5. The average molecular weight is 363 g/mol. The molecule has 0 aromatic rings. The Bertz CT molecular complexity index is 407. The summed E-state index contributed by atoms with van der Waals surface area (Å²) in [5.41, 5.74) is 0. The standard InChI is InChI=1S/C13H26N6O2S2/c14-23(17-11-10-20-6-5-16-11,18-12-9-15-4-7-21-12)19-13-3-1-2-8-22-13/h1-3,8,11-13,15-19H,4-7,9-10,14H2. The van der Waals surface area contributed by atoms with Crippen LogP contribution < -0.4 is 29.9 Å². The van der Waals surface area contributed by atoms with Gasteiger partial charge < -0.3 is 14.8 Å². The van der Waals surface area contributed by atoms with Gasteiger partial charge in [0.2, 0.25) is 0 Å². The number of hydrogen-bond acceptors (Lipinski definition) is 9. The van der Waals surface area contributed by atoms with Gasteiger partial charge in [0, 0.05) is 19.6 Å². The van der Waals surface area contributed by atoms with Crippen LogP contribution >= 0.6 is 22.5 Å². The van der Waals surface area contributed by atoms with Gasteiger partial charge in [-0.3, -0.25) is 10.5 Å². The maximum atomic E-state index is 6.67. The van der Waals surface area contributed by atoms with Crippen molar-refractivity contribution in [1.29, 1.82) is 0 Å². The molecule has 132 valence electrons. The van der Waals surface area contributed by atoms with Gasteiger partial charge in [0.25, 0.3) is 0 Å². The van der Waals surface area contributed by atoms with Crippen molar-refractivity contribution < 1.29 is 9.47 Å². The third-order valence-corrected chi connectivity index (χ3v) is 6.45. The Morgan fingerprint density at radius 3 is 2.83 bits per heavy atom. The second-order valence-electron chi connectivity index (χ2n) is 5.43. The molecule has 3 rings (SSSR count). The zero-order valence-corrected chi connectivity index (χ0v) is 14.6. The van der Waals surface area contributed by atoms with Crippen molar-refractivity contribution in [2.75, 3.05) is 39.5 Å². The molecule has 7 N–H and O–H groups in total. The molecule has 0 aliphatic carbocycles. The molecular weight excluding hydrogens is 336 g/mol. The minimum absolute atomic E-state index is 0.00779. The Morgan fingerprint density at radius 1 is 1.17 bits per heavy atom. The highest BCUT2D eigenvalue weighted by Crippen LogP contribution is 2.31. The Hall–Kier alpha value is -0.140. The normalized spacial score (nSPS) is 35.6. The van der Waals surface area contributed by atoms with E-state index in [-0.39, 0.29) is 17.8 Å². The summed E-state index contributed by atoms with van der Waals surface area (Å²) in [7, 11) is -2.00. The summed E-state index contributed by atoms with van der Waals surface area (Å²) in [6.45, 7) is 4.42. The maximum absolute atomic E-state index is 6.67. The molecule has 0 amide bonds. The highest BCUT2D eigenvalue weighted by Gasteiger charge is 2.30. The first-order chi connectivity index (χ1) is 11.2. The molecule has 10 heteroatoms. The van der Waals surface area contributed by atoms with Crippen molar-refractivity contribution in [3.63, 3.8) is 0 Å². The Kier molecular flexibility index (Phi) is 6.77. The average Bonchev–Trinajstić information content (AvgIpc) is 2.57. The molecule has 0 radical (unpaired) electrons. The predicted octanol–water partition coefficient (Wildman–Crippen LogP) is -0.787. The fraction of sp³-hybridized carbons (Fsp3) is 0.692. The van der Waals surface area contributed by atoms with Crippen LogP contribution in [0, 0.1) is 0 Å². The van der Waals surface area contributed by atoms with Gasteiger partial charge in [-0.05, 0) is 16.2 Å². The maximum Gasteiger partial charge on any atom is 0.131 e. The smallest absolute Gasteiger partial charge is 0.131 e. The van der Waals surface area contributed by atoms with Crippen LogP contribution in [-0.4, -0.2) is 57.2 Å². The number of rotatable bonds is 6. The molecule has 3 aliphatic heterocycles. The van der Waals surface area contributed by atoms with Gasteiger partial charge in [-0.2, -0.15) is 0 Å². The third-order valence-electron chi connectivity index (χ3n) is 3.50.